The van der Waals surface area contributed by atoms with Crippen molar-refractivity contribution in [3.63, 3.8) is 0 Å². The second kappa shape index (κ2) is 8.82. The number of ether oxygens (including phenoxy) is 1. The number of rotatable bonds is 7. The van der Waals surface area contributed by atoms with Gasteiger partial charge in [0.05, 0.1) is 7.11 Å². The molecule has 7 heteroatoms. The third-order valence-corrected chi connectivity index (χ3v) is 4.80. The molecule has 1 unspecified atom stereocenters. The van der Waals surface area contributed by atoms with E-state index in [1.165, 1.54) is 5.56 Å². The summed E-state index contributed by atoms with van der Waals surface area (Å²) in [6.07, 6.45) is 0.359. The second-order valence-electron chi connectivity index (χ2n) is 6.35. The number of hydrogen-bond donors (Lipinski definition) is 2. The Hall–Kier alpha value is -2.12. The Balaban J connectivity index is 1.81. The molecular formula is C18H27N3O4. The molecule has 1 aliphatic heterocycles. The highest BCUT2D eigenvalue weighted by Crippen LogP contribution is 2.24. The number of amides is 1. The molecule has 25 heavy (non-hydrogen) atoms. The molecule has 0 bridgehead atoms. The summed E-state index contributed by atoms with van der Waals surface area (Å²) in [5.74, 6) is -0.245. The molecule has 7 nitrogen and oxygen atoms in total. The Morgan fingerprint density at radius 1 is 1.20 bits per heavy atom. The molecule has 2 rings (SSSR count). The van der Waals surface area contributed by atoms with Crippen LogP contribution in [0.4, 0.5) is 0 Å². The van der Waals surface area contributed by atoms with Gasteiger partial charge >= 0.3 is 5.97 Å². The van der Waals surface area contributed by atoms with Crippen molar-refractivity contribution in [2.45, 2.75) is 31.8 Å². The van der Waals surface area contributed by atoms with Crippen LogP contribution in [0.25, 0.3) is 0 Å². The monoisotopic (exact) mass is 349 g/mol. The molecule has 138 valence electrons. The first-order valence-electron chi connectivity index (χ1n) is 8.56. The maximum absolute atomic E-state index is 12.2. The van der Waals surface area contributed by atoms with Gasteiger partial charge in [-0.05, 0) is 31.0 Å². The number of carbonyl (C=O) groups is 2. The summed E-state index contributed by atoms with van der Waals surface area (Å²) in [6, 6.07) is 7.33. The van der Waals surface area contributed by atoms with Crippen LogP contribution in [0.2, 0.25) is 0 Å². The van der Waals surface area contributed by atoms with Gasteiger partial charge in [0.1, 0.15) is 11.8 Å². The fourth-order valence-corrected chi connectivity index (χ4v) is 3.01. The number of carboxylic acid groups (broad SMARTS) is 1. The van der Waals surface area contributed by atoms with Gasteiger partial charge in [-0.15, -0.1) is 0 Å². The van der Waals surface area contributed by atoms with E-state index in [0.29, 0.717) is 13.1 Å². The third kappa shape index (κ3) is 5.17. The van der Waals surface area contributed by atoms with Gasteiger partial charge in [-0.2, -0.15) is 0 Å². The van der Waals surface area contributed by atoms with Gasteiger partial charge in [-0.3, -0.25) is 14.5 Å². The highest BCUT2D eigenvalue weighted by molar-refractivity contribution is 5.78. The molecule has 1 amide bonds. The Bertz CT molecular complexity index is 582. The molecule has 2 atom stereocenters. The summed E-state index contributed by atoms with van der Waals surface area (Å²) < 4.78 is 5.19. The van der Waals surface area contributed by atoms with Gasteiger partial charge in [0, 0.05) is 38.6 Å². The standard InChI is InChI=1S/C18H27N3O4/c1-13(14-3-5-15(25-2)6-4-14)20-9-11-21(12-10-20)17(22)8-7-16(19)18(23)24/h3-6,13,16H,7-12,19H2,1-2H3,(H,23,24)/t13?,16-/m0/s1. The van der Waals surface area contributed by atoms with E-state index >= 15 is 0 Å². The Kier molecular flexibility index (Phi) is 6.78. The van der Waals surface area contributed by atoms with Crippen molar-refractivity contribution in [3.05, 3.63) is 29.8 Å². The minimum Gasteiger partial charge on any atom is -0.497 e. The summed E-state index contributed by atoms with van der Waals surface area (Å²) in [5.41, 5.74) is 6.67. The summed E-state index contributed by atoms with van der Waals surface area (Å²) in [6.45, 7) is 5.06. The highest BCUT2D eigenvalue weighted by Gasteiger charge is 2.25. The van der Waals surface area contributed by atoms with E-state index in [9.17, 15) is 9.59 Å². The molecule has 1 fully saturated rings. The van der Waals surface area contributed by atoms with Crippen LogP contribution in [0.3, 0.4) is 0 Å². The minimum absolute atomic E-state index is 0.0200. The molecule has 1 heterocycles. The van der Waals surface area contributed by atoms with Gasteiger partial charge < -0.3 is 20.5 Å². The van der Waals surface area contributed by atoms with E-state index in [1.807, 2.05) is 12.1 Å². The molecule has 0 saturated carbocycles. The normalized spacial score (nSPS) is 17.8. The summed E-state index contributed by atoms with van der Waals surface area (Å²) in [7, 11) is 1.65. The molecule has 0 radical (unpaired) electrons. The second-order valence-corrected chi connectivity index (χ2v) is 6.35. The average Bonchev–Trinajstić information content (AvgIpc) is 2.65. The lowest BCUT2D eigenvalue weighted by atomic mass is 10.1. The Morgan fingerprint density at radius 2 is 1.80 bits per heavy atom. The number of benzene rings is 1. The van der Waals surface area contributed by atoms with Crippen molar-refractivity contribution in [3.8, 4) is 5.75 Å². The van der Waals surface area contributed by atoms with Crippen LogP contribution in [-0.4, -0.2) is 66.1 Å². The van der Waals surface area contributed by atoms with E-state index in [4.69, 9.17) is 15.6 Å². The Labute approximate surface area is 148 Å². The zero-order valence-electron chi connectivity index (χ0n) is 14.9. The number of carbonyl (C=O) groups excluding carboxylic acids is 1. The number of nitrogens with two attached hydrogens (primary N) is 1. The van der Waals surface area contributed by atoms with Crippen LogP contribution < -0.4 is 10.5 Å². The number of hydrogen-bond acceptors (Lipinski definition) is 5. The van der Waals surface area contributed by atoms with Gasteiger partial charge in [0.15, 0.2) is 0 Å². The first-order chi connectivity index (χ1) is 11.9. The van der Waals surface area contributed by atoms with Gasteiger partial charge in [-0.25, -0.2) is 0 Å². The van der Waals surface area contributed by atoms with Crippen LogP contribution in [0.15, 0.2) is 24.3 Å². The predicted octanol–water partition coefficient (Wildman–Crippen LogP) is 1.09. The first-order valence-corrected chi connectivity index (χ1v) is 8.56. The smallest absolute Gasteiger partial charge is 0.320 e. The lowest BCUT2D eigenvalue weighted by Crippen LogP contribution is -2.49. The number of nitrogens with zero attached hydrogens (tertiary/aromatic N) is 2. The number of carboxylic acids is 1. The molecular weight excluding hydrogens is 322 g/mol. The van der Waals surface area contributed by atoms with Crippen LogP contribution in [-0.2, 0) is 9.59 Å². The SMILES string of the molecule is COc1ccc(C(C)N2CCN(C(=O)CC[C@H](N)C(=O)O)CC2)cc1. The van der Waals surface area contributed by atoms with Crippen molar-refractivity contribution in [2.24, 2.45) is 5.73 Å². The van der Waals surface area contributed by atoms with Crippen LogP contribution >= 0.6 is 0 Å². The number of aliphatic carboxylic acids is 1. The van der Waals surface area contributed by atoms with Crippen LogP contribution in [0, 0.1) is 0 Å². The fourth-order valence-electron chi connectivity index (χ4n) is 3.01. The van der Waals surface area contributed by atoms with Gasteiger partial charge in [-0.1, -0.05) is 12.1 Å². The van der Waals surface area contributed by atoms with Crippen molar-refractivity contribution in [2.75, 3.05) is 33.3 Å². The van der Waals surface area contributed by atoms with Crippen molar-refractivity contribution in [1.29, 1.82) is 0 Å². The van der Waals surface area contributed by atoms with E-state index in [1.54, 1.807) is 12.0 Å². The van der Waals surface area contributed by atoms with E-state index in [-0.39, 0.29) is 24.8 Å². The third-order valence-electron chi connectivity index (χ3n) is 4.80. The number of piperazine rings is 1. The maximum Gasteiger partial charge on any atom is 0.320 e. The summed E-state index contributed by atoms with van der Waals surface area (Å²) in [5, 5.41) is 8.78. The van der Waals surface area contributed by atoms with Gasteiger partial charge in [0.2, 0.25) is 5.91 Å². The molecule has 0 spiro atoms. The molecule has 1 aromatic carbocycles. The molecule has 1 aromatic rings. The average molecular weight is 349 g/mol. The van der Waals surface area contributed by atoms with Crippen molar-refractivity contribution >= 4 is 11.9 Å². The largest absolute Gasteiger partial charge is 0.497 e. The van der Waals surface area contributed by atoms with E-state index in [0.717, 1.165) is 18.8 Å². The topological polar surface area (TPSA) is 96.1 Å². The quantitative estimate of drug-likeness (QED) is 0.765. The lowest BCUT2D eigenvalue weighted by Gasteiger charge is -2.38. The van der Waals surface area contributed by atoms with E-state index in [2.05, 4.69) is 24.0 Å². The van der Waals surface area contributed by atoms with Crippen molar-refractivity contribution in [1.82, 2.24) is 9.80 Å². The maximum atomic E-state index is 12.2. The Morgan fingerprint density at radius 3 is 2.32 bits per heavy atom. The molecule has 3 N–H and O–H groups in total. The highest BCUT2D eigenvalue weighted by atomic mass is 16.5. The molecule has 1 saturated heterocycles. The fraction of sp³-hybridized carbons (Fsp3) is 0.556. The lowest BCUT2D eigenvalue weighted by molar-refractivity contribution is -0.139. The van der Waals surface area contributed by atoms with Crippen LogP contribution in [0.5, 0.6) is 5.75 Å². The molecule has 0 aliphatic carbocycles. The molecule has 0 aromatic heterocycles. The minimum atomic E-state index is -1.06. The van der Waals surface area contributed by atoms with Crippen molar-refractivity contribution < 1.29 is 19.4 Å². The molecule has 1 aliphatic rings. The zero-order chi connectivity index (χ0) is 18.4. The van der Waals surface area contributed by atoms with Gasteiger partial charge in [0.25, 0.3) is 0 Å². The number of methoxy groups -OCH3 is 1. The summed E-state index contributed by atoms with van der Waals surface area (Å²) >= 11 is 0. The predicted molar refractivity (Wildman–Crippen MR) is 94.4 cm³/mol. The van der Waals surface area contributed by atoms with E-state index < -0.39 is 12.0 Å². The summed E-state index contributed by atoms with van der Waals surface area (Å²) in [4.78, 5) is 27.0. The zero-order valence-corrected chi connectivity index (χ0v) is 14.9. The van der Waals surface area contributed by atoms with Crippen LogP contribution in [0.1, 0.15) is 31.4 Å². The first kappa shape index (κ1) is 19.2.